The van der Waals surface area contributed by atoms with Crippen molar-refractivity contribution in [3.8, 4) is 0 Å². The second-order valence-electron chi connectivity index (χ2n) is 5.87. The molecule has 1 unspecified atom stereocenters. The van der Waals surface area contributed by atoms with E-state index < -0.39 is 11.9 Å². The van der Waals surface area contributed by atoms with Crippen LogP contribution in [0.4, 0.5) is 0 Å². The molecule has 0 saturated heterocycles. The number of nitrogens with zero attached hydrogens (tertiary/aromatic N) is 2. The van der Waals surface area contributed by atoms with Gasteiger partial charge in [0.25, 0.3) is 5.56 Å². The molecule has 6 heteroatoms. The van der Waals surface area contributed by atoms with Gasteiger partial charge in [-0.2, -0.15) is 0 Å². The molecule has 1 aliphatic rings. The molecule has 0 aromatic carbocycles. The van der Waals surface area contributed by atoms with E-state index in [-0.39, 0.29) is 5.56 Å². The van der Waals surface area contributed by atoms with Crippen LogP contribution in [0.15, 0.2) is 4.79 Å². The van der Waals surface area contributed by atoms with Gasteiger partial charge in [-0.05, 0) is 31.7 Å². The molecule has 2 heterocycles. The largest absolute Gasteiger partial charge is 0.481 e. The van der Waals surface area contributed by atoms with Gasteiger partial charge in [0, 0.05) is 11.4 Å². The molecule has 2 aromatic heterocycles. The summed E-state index contributed by atoms with van der Waals surface area (Å²) in [4.78, 5) is 30.6. The average molecular weight is 320 g/mol. The number of thiophene rings is 1. The third-order valence-corrected chi connectivity index (χ3v) is 5.57. The fourth-order valence-electron chi connectivity index (χ4n) is 3.26. The van der Waals surface area contributed by atoms with E-state index in [9.17, 15) is 14.7 Å². The van der Waals surface area contributed by atoms with Crippen molar-refractivity contribution in [3.63, 3.8) is 0 Å². The zero-order chi connectivity index (χ0) is 15.9. The summed E-state index contributed by atoms with van der Waals surface area (Å²) in [6.07, 6.45) is 4.44. The maximum atomic E-state index is 12.9. The Morgan fingerprint density at radius 2 is 2.23 bits per heavy atom. The van der Waals surface area contributed by atoms with Gasteiger partial charge < -0.3 is 5.11 Å². The van der Waals surface area contributed by atoms with Gasteiger partial charge in [0.1, 0.15) is 10.7 Å². The predicted molar refractivity (Wildman–Crippen MR) is 86.8 cm³/mol. The highest BCUT2D eigenvalue weighted by atomic mass is 32.1. The van der Waals surface area contributed by atoms with Gasteiger partial charge >= 0.3 is 5.97 Å². The molecule has 0 aliphatic heterocycles. The first-order chi connectivity index (χ1) is 10.5. The lowest BCUT2D eigenvalue weighted by atomic mass is 10.0. The van der Waals surface area contributed by atoms with Crippen LogP contribution < -0.4 is 5.56 Å². The van der Waals surface area contributed by atoms with Crippen LogP contribution in [0.1, 0.15) is 54.8 Å². The van der Waals surface area contributed by atoms with Crippen molar-refractivity contribution >= 4 is 27.5 Å². The first-order valence-corrected chi connectivity index (χ1v) is 8.61. The van der Waals surface area contributed by atoms with Crippen LogP contribution >= 0.6 is 11.3 Å². The summed E-state index contributed by atoms with van der Waals surface area (Å²) in [5, 5.41) is 9.95. The third-order valence-electron chi connectivity index (χ3n) is 4.41. The van der Waals surface area contributed by atoms with E-state index in [1.54, 1.807) is 4.57 Å². The standard InChI is InChI=1S/C16H20N2O3S/c1-3-4-5-8-18-9(2)17-14-13(15(18)19)12-10(16(20)21)6-7-11(12)22-14/h10H,3-8H2,1-2H3,(H,20,21). The Balaban J connectivity index is 2.15. The Labute approximate surface area is 132 Å². The number of carbonyl (C=O) groups is 1. The number of rotatable bonds is 5. The van der Waals surface area contributed by atoms with Crippen molar-refractivity contribution in [3.05, 3.63) is 26.6 Å². The second kappa shape index (κ2) is 5.83. The van der Waals surface area contributed by atoms with Crippen molar-refractivity contribution < 1.29 is 9.90 Å². The Hall–Kier alpha value is -1.69. The molecule has 118 valence electrons. The first kappa shape index (κ1) is 15.2. The Bertz CT molecular complexity index is 791. The van der Waals surface area contributed by atoms with E-state index in [2.05, 4.69) is 11.9 Å². The first-order valence-electron chi connectivity index (χ1n) is 7.80. The Morgan fingerprint density at radius 1 is 1.45 bits per heavy atom. The van der Waals surface area contributed by atoms with E-state index in [1.165, 1.54) is 11.3 Å². The van der Waals surface area contributed by atoms with E-state index in [0.717, 1.165) is 41.9 Å². The molecule has 3 rings (SSSR count). The summed E-state index contributed by atoms with van der Waals surface area (Å²) >= 11 is 1.49. The number of carboxylic acids is 1. The van der Waals surface area contributed by atoms with Crippen molar-refractivity contribution in [2.24, 2.45) is 0 Å². The van der Waals surface area contributed by atoms with Crippen LogP contribution in [-0.4, -0.2) is 20.6 Å². The molecular formula is C16H20N2O3S. The van der Waals surface area contributed by atoms with E-state index in [0.29, 0.717) is 23.2 Å². The third kappa shape index (κ3) is 2.35. The monoisotopic (exact) mass is 320 g/mol. The van der Waals surface area contributed by atoms with Crippen LogP contribution in [-0.2, 0) is 17.8 Å². The van der Waals surface area contributed by atoms with E-state index >= 15 is 0 Å². The molecule has 0 bridgehead atoms. The number of hydrogen-bond acceptors (Lipinski definition) is 4. The minimum atomic E-state index is -0.837. The predicted octanol–water partition coefficient (Wildman–Crippen LogP) is 3.07. The van der Waals surface area contributed by atoms with Crippen molar-refractivity contribution in [1.29, 1.82) is 0 Å². The zero-order valence-corrected chi connectivity index (χ0v) is 13.7. The number of fused-ring (bicyclic) bond motifs is 3. The molecule has 0 radical (unpaired) electrons. The van der Waals surface area contributed by atoms with Crippen molar-refractivity contribution in [2.75, 3.05) is 0 Å². The molecule has 0 saturated carbocycles. The van der Waals surface area contributed by atoms with Crippen LogP contribution in [0.3, 0.4) is 0 Å². The highest BCUT2D eigenvalue weighted by Crippen LogP contribution is 2.42. The van der Waals surface area contributed by atoms with Gasteiger partial charge in [0.15, 0.2) is 0 Å². The molecule has 0 amide bonds. The smallest absolute Gasteiger partial charge is 0.311 e. The number of aromatic nitrogens is 2. The lowest BCUT2D eigenvalue weighted by molar-refractivity contribution is -0.138. The number of hydrogen-bond donors (Lipinski definition) is 1. The minimum absolute atomic E-state index is 0.0655. The Kier molecular flexibility index (Phi) is 4.04. The second-order valence-corrected chi connectivity index (χ2v) is 6.96. The summed E-state index contributed by atoms with van der Waals surface area (Å²) < 4.78 is 1.71. The Morgan fingerprint density at radius 3 is 2.91 bits per heavy atom. The van der Waals surface area contributed by atoms with Gasteiger partial charge in [0.05, 0.1) is 11.3 Å². The SMILES string of the molecule is CCCCCn1c(C)nc2sc3c(c2c1=O)C(C(=O)O)CC3. The normalized spacial score (nSPS) is 17.1. The van der Waals surface area contributed by atoms with Crippen molar-refractivity contribution in [2.45, 2.75) is 58.4 Å². The fraction of sp³-hybridized carbons (Fsp3) is 0.562. The van der Waals surface area contributed by atoms with Gasteiger partial charge in [0.2, 0.25) is 0 Å². The van der Waals surface area contributed by atoms with Gasteiger partial charge in [-0.15, -0.1) is 11.3 Å². The molecule has 1 aliphatic carbocycles. The van der Waals surface area contributed by atoms with E-state index in [4.69, 9.17) is 0 Å². The molecule has 2 aromatic rings. The van der Waals surface area contributed by atoms with Crippen LogP contribution in [0, 0.1) is 6.92 Å². The van der Waals surface area contributed by atoms with E-state index in [1.807, 2.05) is 6.92 Å². The van der Waals surface area contributed by atoms with Crippen LogP contribution in [0.2, 0.25) is 0 Å². The summed E-state index contributed by atoms with van der Waals surface area (Å²) in [6.45, 7) is 4.64. The molecule has 0 spiro atoms. The average Bonchev–Trinajstić information content (AvgIpc) is 3.00. The highest BCUT2D eigenvalue weighted by Gasteiger charge is 2.34. The number of unbranched alkanes of at least 4 members (excludes halogenated alkanes) is 2. The lowest BCUT2D eigenvalue weighted by Gasteiger charge is -2.10. The zero-order valence-electron chi connectivity index (χ0n) is 12.9. The number of aryl methyl sites for hydroxylation is 2. The summed E-state index contributed by atoms with van der Waals surface area (Å²) in [6, 6.07) is 0. The molecule has 0 fully saturated rings. The number of carboxylic acid groups (broad SMARTS) is 1. The molecular weight excluding hydrogens is 300 g/mol. The lowest BCUT2D eigenvalue weighted by Crippen LogP contribution is -2.24. The minimum Gasteiger partial charge on any atom is -0.481 e. The number of aliphatic carboxylic acids is 1. The van der Waals surface area contributed by atoms with Gasteiger partial charge in [-0.3, -0.25) is 14.2 Å². The molecule has 22 heavy (non-hydrogen) atoms. The van der Waals surface area contributed by atoms with Gasteiger partial charge in [-0.25, -0.2) is 4.98 Å². The molecule has 1 N–H and O–H groups in total. The highest BCUT2D eigenvalue weighted by molar-refractivity contribution is 7.18. The summed E-state index contributed by atoms with van der Waals surface area (Å²) in [7, 11) is 0. The molecule has 1 atom stereocenters. The summed E-state index contributed by atoms with van der Waals surface area (Å²) in [5.41, 5.74) is 0.665. The summed E-state index contributed by atoms with van der Waals surface area (Å²) in [5.74, 6) is -0.665. The van der Waals surface area contributed by atoms with Crippen LogP contribution in [0.5, 0.6) is 0 Å². The van der Waals surface area contributed by atoms with Crippen molar-refractivity contribution in [1.82, 2.24) is 9.55 Å². The quantitative estimate of drug-likeness (QED) is 0.859. The topological polar surface area (TPSA) is 72.2 Å². The van der Waals surface area contributed by atoms with Gasteiger partial charge in [-0.1, -0.05) is 19.8 Å². The maximum absolute atomic E-state index is 12.9. The fourth-order valence-corrected chi connectivity index (χ4v) is 4.54. The molecule has 5 nitrogen and oxygen atoms in total. The van der Waals surface area contributed by atoms with Crippen LogP contribution in [0.25, 0.3) is 10.2 Å². The maximum Gasteiger partial charge on any atom is 0.311 e.